The van der Waals surface area contributed by atoms with Crippen molar-refractivity contribution in [3.05, 3.63) is 31.3 Å². The number of aromatic nitrogens is 4. The minimum atomic E-state index is -4.69. The number of rotatable bonds is 0. The minimum Gasteiger partial charge on any atom is -0.300 e. The van der Waals surface area contributed by atoms with Gasteiger partial charge in [0.2, 0.25) is 0 Å². The summed E-state index contributed by atoms with van der Waals surface area (Å²) in [5, 5.41) is 0. The van der Waals surface area contributed by atoms with Crippen LogP contribution >= 0.6 is 0 Å². The topological polar surface area (TPSA) is 204 Å². The van der Waals surface area contributed by atoms with Crippen LogP contribution in [-0.2, 0) is 0 Å². The summed E-state index contributed by atoms with van der Waals surface area (Å²) in [6.45, 7) is 0. The molecule has 0 spiro atoms. The van der Waals surface area contributed by atoms with Crippen molar-refractivity contribution >= 4 is 11.2 Å². The van der Waals surface area contributed by atoms with Crippen molar-refractivity contribution < 1.29 is 28.9 Å². The summed E-state index contributed by atoms with van der Waals surface area (Å²) in [4.78, 5) is 41.0. The lowest BCUT2D eigenvalue weighted by Crippen LogP contribution is -2.58. The number of hydrogen-bond donors (Lipinski definition) is 5. The number of halogens is 1. The number of aromatic amines is 4. The third-order valence-corrected chi connectivity index (χ3v) is 1.42. The van der Waals surface area contributed by atoms with Crippen molar-refractivity contribution in [2.24, 2.45) is 0 Å². The molecule has 2 aromatic rings. The highest BCUT2D eigenvalue weighted by atomic mass is 35.7. The number of fused-ring (bicyclic) bond motifs is 1. The molecule has 12 heteroatoms. The Balaban J connectivity index is 0.000000249. The molecule has 0 atom stereocenters. The van der Waals surface area contributed by atoms with E-state index in [1.165, 1.54) is 0 Å². The lowest BCUT2D eigenvalue weighted by molar-refractivity contribution is -1.92. The van der Waals surface area contributed by atoms with Crippen LogP contribution in [0.4, 0.5) is 0 Å². The van der Waals surface area contributed by atoms with E-state index in [4.69, 9.17) is 18.6 Å². The molecule has 2 rings (SSSR count). The molecule has 0 saturated carbocycles. The number of imidazole rings is 1. The molecule has 0 fully saturated rings. The fourth-order valence-electron chi connectivity index (χ4n) is 0.958. The van der Waals surface area contributed by atoms with Gasteiger partial charge >= 0.3 is 11.4 Å². The Morgan fingerprint density at radius 3 is 1.76 bits per heavy atom. The van der Waals surface area contributed by atoms with Crippen molar-refractivity contribution in [3.63, 3.8) is 0 Å². The molecule has 0 radical (unpaired) electrons. The third-order valence-electron chi connectivity index (χ3n) is 1.42. The van der Waals surface area contributed by atoms with Crippen LogP contribution in [0.3, 0.4) is 0 Å². The average Bonchev–Trinajstić information content (AvgIpc) is 2.42. The van der Waals surface area contributed by atoms with Gasteiger partial charge in [0, 0.05) is 0 Å². The lowest BCUT2D eigenvalue weighted by Gasteiger charge is -2.03. The Morgan fingerprint density at radius 2 is 1.29 bits per heavy atom. The maximum Gasteiger partial charge on any atom is 0.327 e. The molecule has 0 aliphatic rings. The fourth-order valence-corrected chi connectivity index (χ4v) is 0.958. The molecule has 94 valence electrons. The maximum absolute atomic E-state index is 10.9. The molecule has 0 aliphatic carbocycles. The molecule has 5 N–H and O–H groups in total. The number of hydrogen-bond acceptors (Lipinski definition) is 7. The van der Waals surface area contributed by atoms with E-state index >= 15 is 0 Å². The van der Waals surface area contributed by atoms with Crippen LogP contribution in [-0.4, -0.2) is 24.6 Å². The Hall–Kier alpha value is -1.92. The SMILES string of the molecule is O=c1[nH]c(=O)c2[nH]c(=O)[nH]c2[nH]1.[O-][Cl+3]([O-])([O-])O. The Morgan fingerprint density at radius 1 is 0.882 bits per heavy atom. The molecular formula is C5H5ClN4O7. The first-order chi connectivity index (χ1) is 7.66. The van der Waals surface area contributed by atoms with Crippen molar-refractivity contribution in [1.82, 2.24) is 19.9 Å². The zero-order valence-electron chi connectivity index (χ0n) is 7.77. The first-order valence-electron chi connectivity index (χ1n) is 3.74. The highest BCUT2D eigenvalue weighted by Gasteiger charge is 2.02. The second-order valence-corrected chi connectivity index (χ2v) is 3.43. The summed E-state index contributed by atoms with van der Waals surface area (Å²) in [5.41, 5.74) is -1.65. The molecule has 0 bridgehead atoms. The predicted molar refractivity (Wildman–Crippen MR) is 42.4 cm³/mol. The lowest BCUT2D eigenvalue weighted by atomic mass is 10.5. The monoisotopic (exact) mass is 268 g/mol. The molecule has 17 heavy (non-hydrogen) atoms. The van der Waals surface area contributed by atoms with Crippen LogP contribution in [0.1, 0.15) is 0 Å². The summed E-state index contributed by atoms with van der Waals surface area (Å²) in [6, 6.07) is 0. The van der Waals surface area contributed by atoms with E-state index in [1.54, 1.807) is 0 Å². The zero-order valence-corrected chi connectivity index (χ0v) is 8.53. The van der Waals surface area contributed by atoms with E-state index < -0.39 is 27.2 Å². The van der Waals surface area contributed by atoms with E-state index in [0.29, 0.717) is 0 Å². The molecule has 0 saturated heterocycles. The van der Waals surface area contributed by atoms with Crippen LogP contribution in [0.15, 0.2) is 14.4 Å². The van der Waals surface area contributed by atoms with Crippen molar-refractivity contribution in [2.75, 3.05) is 0 Å². The van der Waals surface area contributed by atoms with E-state index in [-0.39, 0.29) is 11.2 Å². The standard InChI is InChI=1S/C5H4N4O3.ClHO4/c10-3-1-2(7-4(11)6-1)8-5(12)9-3;2-1(3,4)5/h(H4,6,7,8,9,10,11,12);(H,2,3,4,5). The predicted octanol–water partition coefficient (Wildman–Crippen LogP) is -5.89. The highest BCUT2D eigenvalue weighted by molar-refractivity contribution is 5.67. The molecule has 2 heterocycles. The fraction of sp³-hybridized carbons (Fsp3) is 0. The first kappa shape index (κ1) is 13.1. The van der Waals surface area contributed by atoms with Gasteiger partial charge in [0.25, 0.3) is 5.56 Å². The molecule has 0 aliphatic heterocycles. The van der Waals surface area contributed by atoms with E-state index in [0.717, 1.165) is 0 Å². The first-order valence-corrected chi connectivity index (χ1v) is 5.01. The Bertz CT molecular complexity index is 666. The summed E-state index contributed by atoms with van der Waals surface area (Å²) in [6.07, 6.45) is 0. The van der Waals surface area contributed by atoms with Gasteiger partial charge in [-0.05, 0) is 0 Å². The number of H-pyrrole nitrogens is 4. The van der Waals surface area contributed by atoms with Crippen molar-refractivity contribution in [2.45, 2.75) is 0 Å². The van der Waals surface area contributed by atoms with E-state index in [2.05, 4.69) is 15.0 Å². The van der Waals surface area contributed by atoms with Gasteiger partial charge in [-0.3, -0.25) is 24.7 Å². The van der Waals surface area contributed by atoms with E-state index in [1.807, 2.05) is 4.98 Å². The molecular weight excluding hydrogens is 264 g/mol. The molecule has 0 aromatic carbocycles. The number of nitrogens with one attached hydrogen (secondary N) is 4. The largest absolute Gasteiger partial charge is 0.327 e. The van der Waals surface area contributed by atoms with Gasteiger partial charge in [0.1, 0.15) is 11.2 Å². The average molecular weight is 269 g/mol. The summed E-state index contributed by atoms with van der Waals surface area (Å²) < 4.78 is 32.7. The van der Waals surface area contributed by atoms with Crippen LogP contribution < -0.4 is 30.9 Å². The van der Waals surface area contributed by atoms with Crippen LogP contribution in [0.2, 0.25) is 0 Å². The zero-order chi connectivity index (χ0) is 13.2. The second kappa shape index (κ2) is 4.52. The van der Waals surface area contributed by atoms with Gasteiger partial charge in [-0.25, -0.2) is 9.59 Å². The third kappa shape index (κ3) is 4.21. The smallest absolute Gasteiger partial charge is 0.300 e. The second-order valence-electron chi connectivity index (χ2n) is 2.63. The van der Waals surface area contributed by atoms with Gasteiger partial charge in [-0.1, -0.05) is 0 Å². The normalized spacial score (nSPS) is 11.1. The molecule has 2 aromatic heterocycles. The van der Waals surface area contributed by atoms with Crippen molar-refractivity contribution in [3.8, 4) is 0 Å². The van der Waals surface area contributed by atoms with Gasteiger partial charge in [0.15, 0.2) is 0 Å². The Labute approximate surface area is 92.1 Å². The molecule has 11 nitrogen and oxygen atoms in total. The van der Waals surface area contributed by atoms with Crippen molar-refractivity contribution in [1.29, 1.82) is 0 Å². The minimum absolute atomic E-state index is 0.0413. The summed E-state index contributed by atoms with van der Waals surface area (Å²) in [7, 11) is -4.69. The van der Waals surface area contributed by atoms with Gasteiger partial charge in [-0.15, -0.1) is 0 Å². The van der Waals surface area contributed by atoms with Gasteiger partial charge in [-0.2, -0.15) is 14.0 Å². The van der Waals surface area contributed by atoms with E-state index in [9.17, 15) is 14.4 Å². The van der Waals surface area contributed by atoms with Crippen LogP contribution in [0, 0.1) is 10.2 Å². The molecule has 0 amide bonds. The Kier molecular flexibility index (Phi) is 3.50. The summed E-state index contributed by atoms with van der Waals surface area (Å²) >= 11 is 0. The van der Waals surface area contributed by atoms with Gasteiger partial charge in [0.05, 0.1) is 14.9 Å². The maximum atomic E-state index is 10.9. The summed E-state index contributed by atoms with van der Waals surface area (Å²) in [5.74, 6) is 0. The quantitative estimate of drug-likeness (QED) is 0.312. The van der Waals surface area contributed by atoms with Crippen LogP contribution in [0.5, 0.6) is 0 Å². The van der Waals surface area contributed by atoms with Gasteiger partial charge < -0.3 is 0 Å². The van der Waals surface area contributed by atoms with Crippen LogP contribution in [0.25, 0.3) is 11.2 Å². The highest BCUT2D eigenvalue weighted by Crippen LogP contribution is 1.88. The molecule has 0 unspecified atom stereocenters.